The van der Waals surface area contributed by atoms with Gasteiger partial charge in [-0.3, -0.25) is 19.5 Å². The molecule has 3 aromatic rings. The van der Waals surface area contributed by atoms with Crippen LogP contribution >= 0.6 is 0 Å². The second-order valence-corrected chi connectivity index (χ2v) is 6.77. The first kappa shape index (κ1) is 16.9. The maximum absolute atomic E-state index is 5.99. The SMILES string of the molecule is c1cncc(COC[C@H]2CN(Cc3ccncc3)Cc3ccnn3C2)c1. The van der Waals surface area contributed by atoms with Crippen molar-refractivity contribution < 1.29 is 4.74 Å². The van der Waals surface area contributed by atoms with E-state index in [0.717, 1.165) is 31.7 Å². The molecule has 0 aliphatic carbocycles. The van der Waals surface area contributed by atoms with Crippen molar-refractivity contribution >= 4 is 0 Å². The molecule has 0 fully saturated rings. The van der Waals surface area contributed by atoms with E-state index in [9.17, 15) is 0 Å². The highest BCUT2D eigenvalue weighted by Crippen LogP contribution is 2.18. The zero-order valence-electron chi connectivity index (χ0n) is 14.7. The molecule has 0 N–H and O–H groups in total. The van der Waals surface area contributed by atoms with E-state index in [1.165, 1.54) is 11.3 Å². The Labute approximate surface area is 153 Å². The Balaban J connectivity index is 1.40. The molecule has 1 aliphatic rings. The molecule has 26 heavy (non-hydrogen) atoms. The van der Waals surface area contributed by atoms with Crippen molar-refractivity contribution in [3.05, 3.63) is 78.1 Å². The number of fused-ring (bicyclic) bond motifs is 1. The predicted octanol–water partition coefficient (Wildman–Crippen LogP) is 2.52. The largest absolute Gasteiger partial charge is 0.376 e. The first-order valence-electron chi connectivity index (χ1n) is 8.95. The van der Waals surface area contributed by atoms with Gasteiger partial charge in [0.1, 0.15) is 0 Å². The average Bonchev–Trinajstić information content (AvgIpc) is 3.03. The number of hydrogen-bond donors (Lipinski definition) is 0. The first-order chi connectivity index (χ1) is 12.9. The highest BCUT2D eigenvalue weighted by molar-refractivity contribution is 5.11. The molecule has 3 aromatic heterocycles. The van der Waals surface area contributed by atoms with Crippen molar-refractivity contribution in [3.8, 4) is 0 Å². The standard InChI is InChI=1S/C20H23N5O/c1-2-18(10-22-6-1)15-26-16-19-12-24(11-17-3-7-21-8-4-17)14-20-5-9-23-25(20)13-19/h1-10,19H,11-16H2/t19-/m0/s1. The zero-order chi connectivity index (χ0) is 17.6. The van der Waals surface area contributed by atoms with Crippen LogP contribution in [0.1, 0.15) is 16.8 Å². The van der Waals surface area contributed by atoms with E-state index in [1.54, 1.807) is 6.20 Å². The van der Waals surface area contributed by atoms with Crippen molar-refractivity contribution in [3.63, 3.8) is 0 Å². The Bertz CT molecular complexity index is 805. The molecule has 0 radical (unpaired) electrons. The number of pyridine rings is 2. The fourth-order valence-corrected chi connectivity index (χ4v) is 3.42. The van der Waals surface area contributed by atoms with Crippen molar-refractivity contribution in [2.24, 2.45) is 5.92 Å². The summed E-state index contributed by atoms with van der Waals surface area (Å²) in [5.41, 5.74) is 3.64. The molecule has 0 unspecified atom stereocenters. The third kappa shape index (κ3) is 4.33. The molecule has 6 nitrogen and oxygen atoms in total. The van der Waals surface area contributed by atoms with Gasteiger partial charge >= 0.3 is 0 Å². The van der Waals surface area contributed by atoms with Crippen LogP contribution in [0.4, 0.5) is 0 Å². The number of hydrogen-bond acceptors (Lipinski definition) is 5. The topological polar surface area (TPSA) is 56.1 Å². The molecule has 0 saturated carbocycles. The van der Waals surface area contributed by atoms with E-state index in [2.05, 4.69) is 42.8 Å². The van der Waals surface area contributed by atoms with Crippen LogP contribution in [0, 0.1) is 5.92 Å². The van der Waals surface area contributed by atoms with E-state index in [0.29, 0.717) is 19.1 Å². The Kier molecular flexibility index (Phi) is 5.33. The highest BCUT2D eigenvalue weighted by atomic mass is 16.5. The third-order valence-electron chi connectivity index (χ3n) is 4.64. The lowest BCUT2D eigenvalue weighted by molar-refractivity contribution is 0.0655. The van der Waals surface area contributed by atoms with Crippen LogP contribution in [0.5, 0.6) is 0 Å². The summed E-state index contributed by atoms with van der Waals surface area (Å²) in [7, 11) is 0. The van der Waals surface area contributed by atoms with Gasteiger partial charge in [0.2, 0.25) is 0 Å². The lowest BCUT2D eigenvalue weighted by Gasteiger charge is -2.24. The van der Waals surface area contributed by atoms with Crippen LogP contribution in [0.3, 0.4) is 0 Å². The van der Waals surface area contributed by atoms with Gasteiger partial charge in [0.05, 0.1) is 18.9 Å². The lowest BCUT2D eigenvalue weighted by Crippen LogP contribution is -2.30. The molecule has 0 amide bonds. The molecule has 1 atom stereocenters. The summed E-state index contributed by atoms with van der Waals surface area (Å²) in [5.74, 6) is 0.398. The normalized spacial score (nSPS) is 17.6. The molecule has 0 saturated heterocycles. The van der Waals surface area contributed by atoms with Crippen molar-refractivity contribution in [2.75, 3.05) is 13.2 Å². The van der Waals surface area contributed by atoms with E-state index < -0.39 is 0 Å². The van der Waals surface area contributed by atoms with Gasteiger partial charge in [-0.25, -0.2) is 0 Å². The van der Waals surface area contributed by atoms with Gasteiger partial charge in [-0.2, -0.15) is 5.10 Å². The van der Waals surface area contributed by atoms with Gasteiger partial charge in [0.25, 0.3) is 0 Å². The minimum Gasteiger partial charge on any atom is -0.376 e. The lowest BCUT2D eigenvalue weighted by atomic mass is 10.1. The summed E-state index contributed by atoms with van der Waals surface area (Å²) >= 11 is 0. The van der Waals surface area contributed by atoms with E-state index >= 15 is 0 Å². The number of aromatic nitrogens is 4. The molecule has 0 bridgehead atoms. The van der Waals surface area contributed by atoms with Crippen molar-refractivity contribution in [1.82, 2.24) is 24.6 Å². The van der Waals surface area contributed by atoms with Gasteiger partial charge in [0.15, 0.2) is 0 Å². The van der Waals surface area contributed by atoms with Crippen molar-refractivity contribution in [2.45, 2.75) is 26.2 Å². The molecule has 4 heterocycles. The Morgan fingerprint density at radius 3 is 2.73 bits per heavy atom. The fourth-order valence-electron chi connectivity index (χ4n) is 3.42. The van der Waals surface area contributed by atoms with Gasteiger partial charge in [-0.15, -0.1) is 0 Å². The number of ether oxygens (including phenoxy) is 1. The van der Waals surface area contributed by atoms with Crippen LogP contribution in [-0.2, 0) is 31.0 Å². The molecule has 0 aromatic carbocycles. The monoisotopic (exact) mass is 349 g/mol. The average molecular weight is 349 g/mol. The van der Waals surface area contributed by atoms with E-state index in [-0.39, 0.29) is 0 Å². The van der Waals surface area contributed by atoms with Crippen LogP contribution in [0.25, 0.3) is 0 Å². The predicted molar refractivity (Wildman–Crippen MR) is 98.0 cm³/mol. The van der Waals surface area contributed by atoms with Crippen molar-refractivity contribution in [1.29, 1.82) is 0 Å². The van der Waals surface area contributed by atoms with Crippen LogP contribution in [0.15, 0.2) is 61.3 Å². The molecule has 1 aliphatic heterocycles. The minimum absolute atomic E-state index is 0.398. The van der Waals surface area contributed by atoms with Crippen LogP contribution < -0.4 is 0 Å². The van der Waals surface area contributed by atoms with E-state index in [1.807, 2.05) is 36.9 Å². The molecule has 6 heteroatoms. The third-order valence-corrected chi connectivity index (χ3v) is 4.64. The smallest absolute Gasteiger partial charge is 0.0731 e. The van der Waals surface area contributed by atoms with Gasteiger partial charge < -0.3 is 4.74 Å². The summed E-state index contributed by atoms with van der Waals surface area (Å²) < 4.78 is 8.10. The first-order valence-corrected chi connectivity index (χ1v) is 8.95. The summed E-state index contributed by atoms with van der Waals surface area (Å²) in [6.07, 6.45) is 9.23. The Hall–Kier alpha value is -2.57. The fraction of sp³-hybridized carbons (Fsp3) is 0.350. The summed E-state index contributed by atoms with van der Waals surface area (Å²) in [6, 6.07) is 10.3. The minimum atomic E-state index is 0.398. The van der Waals surface area contributed by atoms with Crippen LogP contribution in [0.2, 0.25) is 0 Å². The quantitative estimate of drug-likeness (QED) is 0.684. The maximum atomic E-state index is 5.99. The second-order valence-electron chi connectivity index (χ2n) is 6.77. The number of rotatable bonds is 6. The number of nitrogens with zero attached hydrogens (tertiary/aromatic N) is 5. The molecular weight excluding hydrogens is 326 g/mol. The molecule has 4 rings (SSSR count). The summed E-state index contributed by atoms with van der Waals surface area (Å²) in [4.78, 5) is 10.7. The maximum Gasteiger partial charge on any atom is 0.0731 e. The Morgan fingerprint density at radius 1 is 0.962 bits per heavy atom. The molecular formula is C20H23N5O. The molecule has 134 valence electrons. The zero-order valence-corrected chi connectivity index (χ0v) is 14.7. The highest BCUT2D eigenvalue weighted by Gasteiger charge is 2.22. The summed E-state index contributed by atoms with van der Waals surface area (Å²) in [6.45, 7) is 5.00. The summed E-state index contributed by atoms with van der Waals surface area (Å²) in [5, 5.41) is 4.49. The Morgan fingerprint density at radius 2 is 1.88 bits per heavy atom. The van der Waals surface area contributed by atoms with Gasteiger partial charge in [-0.05, 0) is 35.4 Å². The van der Waals surface area contributed by atoms with Crippen LogP contribution in [-0.4, -0.2) is 37.8 Å². The van der Waals surface area contributed by atoms with E-state index in [4.69, 9.17) is 4.74 Å². The van der Waals surface area contributed by atoms with Gasteiger partial charge in [-0.1, -0.05) is 6.07 Å². The second kappa shape index (κ2) is 8.21. The molecule has 0 spiro atoms. The van der Waals surface area contributed by atoms with Gasteiger partial charge in [0, 0.05) is 63.1 Å².